The molecule has 1 aromatic rings. The first-order valence-electron chi connectivity index (χ1n) is 7.11. The van der Waals surface area contributed by atoms with Crippen molar-refractivity contribution in [2.75, 3.05) is 5.75 Å². The van der Waals surface area contributed by atoms with Gasteiger partial charge in [0.05, 0.1) is 11.9 Å². The highest BCUT2D eigenvalue weighted by Gasteiger charge is 2.28. The predicted molar refractivity (Wildman–Crippen MR) is 79.6 cm³/mol. The van der Waals surface area contributed by atoms with E-state index in [1.54, 1.807) is 6.92 Å². The lowest BCUT2D eigenvalue weighted by Gasteiger charge is -2.14. The minimum absolute atomic E-state index is 0.129. The quantitative estimate of drug-likeness (QED) is 0.908. The second-order valence-corrected chi connectivity index (χ2v) is 8.10. The molecule has 1 N–H and O–H groups in total. The van der Waals surface area contributed by atoms with E-state index in [2.05, 4.69) is 13.8 Å². The van der Waals surface area contributed by atoms with Crippen LogP contribution in [0.2, 0.25) is 0 Å². The Morgan fingerprint density at radius 1 is 1.25 bits per heavy atom. The molecule has 1 aliphatic rings. The van der Waals surface area contributed by atoms with Gasteiger partial charge in [-0.15, -0.1) is 0 Å². The molecule has 0 aliphatic carbocycles. The fraction of sp³-hybridized carbons (Fsp3) is 0.600. The Morgan fingerprint density at radius 2 is 1.90 bits per heavy atom. The van der Waals surface area contributed by atoms with Gasteiger partial charge in [0, 0.05) is 13.1 Å². The lowest BCUT2D eigenvalue weighted by molar-refractivity contribution is 0.151. The number of nitrogens with zero attached hydrogens (tertiary/aromatic N) is 1. The molecule has 0 saturated carbocycles. The lowest BCUT2D eigenvalue weighted by Crippen LogP contribution is -2.26. The summed E-state index contributed by atoms with van der Waals surface area (Å²) in [7, 11) is -3.15. The molecular formula is C15H23NO3S. The van der Waals surface area contributed by atoms with Crippen molar-refractivity contribution in [3.63, 3.8) is 0 Å². The molecule has 0 bridgehead atoms. The lowest BCUT2D eigenvalue weighted by atomic mass is 9.97. The van der Waals surface area contributed by atoms with Crippen molar-refractivity contribution in [1.29, 1.82) is 0 Å². The average Bonchev–Trinajstić information content (AvgIpc) is 2.81. The van der Waals surface area contributed by atoms with Crippen molar-refractivity contribution in [1.82, 2.24) is 4.31 Å². The van der Waals surface area contributed by atoms with E-state index in [1.165, 1.54) is 4.31 Å². The number of fused-ring (bicyclic) bond motifs is 1. The topological polar surface area (TPSA) is 57.6 Å². The SMILES string of the molecule is CCS(=O)(=O)N1Cc2ccc(C(O)CC(C)C)cc2C1. The molecule has 1 unspecified atom stereocenters. The standard InChI is InChI=1S/C15H23NO3S/c1-4-20(18,19)16-9-13-6-5-12(8-14(13)10-16)15(17)7-11(2)3/h5-6,8,11,15,17H,4,7,9-10H2,1-3H3. The van der Waals surface area contributed by atoms with Gasteiger partial charge in [-0.1, -0.05) is 32.0 Å². The molecule has 0 fully saturated rings. The van der Waals surface area contributed by atoms with Crippen molar-refractivity contribution in [3.05, 3.63) is 34.9 Å². The van der Waals surface area contributed by atoms with Gasteiger partial charge in [-0.25, -0.2) is 8.42 Å². The fourth-order valence-corrected chi connectivity index (χ4v) is 3.59. The molecule has 0 radical (unpaired) electrons. The Labute approximate surface area is 121 Å². The third-order valence-corrected chi connectivity index (χ3v) is 5.54. The summed E-state index contributed by atoms with van der Waals surface area (Å²) in [4.78, 5) is 0. The summed E-state index contributed by atoms with van der Waals surface area (Å²) in [5.41, 5.74) is 2.94. The van der Waals surface area contributed by atoms with Gasteiger partial charge in [0.2, 0.25) is 10.0 Å². The number of rotatable bonds is 5. The van der Waals surface area contributed by atoms with E-state index < -0.39 is 16.1 Å². The van der Waals surface area contributed by atoms with E-state index in [9.17, 15) is 13.5 Å². The van der Waals surface area contributed by atoms with Gasteiger partial charge in [-0.3, -0.25) is 0 Å². The zero-order chi connectivity index (χ0) is 14.9. The van der Waals surface area contributed by atoms with Gasteiger partial charge < -0.3 is 5.11 Å². The van der Waals surface area contributed by atoms with Crippen LogP contribution < -0.4 is 0 Å². The molecule has 1 heterocycles. The third-order valence-electron chi connectivity index (χ3n) is 3.76. The second kappa shape index (κ2) is 5.84. The van der Waals surface area contributed by atoms with Crippen LogP contribution in [0, 0.1) is 5.92 Å². The molecule has 112 valence electrons. The Balaban J connectivity index is 2.19. The zero-order valence-electron chi connectivity index (χ0n) is 12.3. The molecular weight excluding hydrogens is 274 g/mol. The number of aliphatic hydroxyl groups is 1. The third kappa shape index (κ3) is 3.22. The maximum atomic E-state index is 11.9. The monoisotopic (exact) mass is 297 g/mol. The fourth-order valence-electron chi connectivity index (χ4n) is 2.55. The zero-order valence-corrected chi connectivity index (χ0v) is 13.2. The van der Waals surface area contributed by atoms with E-state index in [1.807, 2.05) is 18.2 Å². The molecule has 0 aromatic heterocycles. The summed E-state index contributed by atoms with van der Waals surface area (Å²) >= 11 is 0. The molecule has 1 atom stereocenters. The van der Waals surface area contributed by atoms with Gasteiger partial charge in [-0.2, -0.15) is 4.31 Å². The molecule has 0 amide bonds. The molecule has 2 rings (SSSR count). The van der Waals surface area contributed by atoms with E-state index in [4.69, 9.17) is 0 Å². The summed E-state index contributed by atoms with van der Waals surface area (Å²) in [5.74, 6) is 0.555. The van der Waals surface area contributed by atoms with Gasteiger partial charge in [-0.05, 0) is 36.0 Å². The summed E-state index contributed by atoms with van der Waals surface area (Å²) in [5, 5.41) is 10.2. The normalized spacial score (nSPS) is 17.4. The van der Waals surface area contributed by atoms with E-state index in [-0.39, 0.29) is 5.75 Å². The van der Waals surface area contributed by atoms with Gasteiger partial charge in [0.25, 0.3) is 0 Å². The molecule has 4 nitrogen and oxygen atoms in total. The second-order valence-electron chi connectivity index (χ2n) is 5.84. The number of benzene rings is 1. The maximum absolute atomic E-state index is 11.9. The van der Waals surface area contributed by atoms with Gasteiger partial charge >= 0.3 is 0 Å². The average molecular weight is 297 g/mol. The molecule has 0 spiro atoms. The smallest absolute Gasteiger partial charge is 0.214 e. The molecule has 5 heteroatoms. The highest BCUT2D eigenvalue weighted by molar-refractivity contribution is 7.89. The Morgan fingerprint density at radius 3 is 2.50 bits per heavy atom. The van der Waals surface area contributed by atoms with E-state index in [0.717, 1.165) is 23.1 Å². The first-order valence-corrected chi connectivity index (χ1v) is 8.72. The summed E-state index contributed by atoms with van der Waals surface area (Å²) in [6, 6.07) is 5.81. The van der Waals surface area contributed by atoms with Crippen LogP contribution in [0.25, 0.3) is 0 Å². The van der Waals surface area contributed by atoms with Crippen molar-refractivity contribution >= 4 is 10.0 Å². The van der Waals surface area contributed by atoms with Crippen LogP contribution in [0.4, 0.5) is 0 Å². The Hall–Kier alpha value is -0.910. The van der Waals surface area contributed by atoms with Gasteiger partial charge in [0.15, 0.2) is 0 Å². The Bertz CT molecular complexity index is 581. The van der Waals surface area contributed by atoms with Crippen LogP contribution in [0.1, 0.15) is 50.0 Å². The molecule has 0 saturated heterocycles. The number of aliphatic hydroxyl groups excluding tert-OH is 1. The maximum Gasteiger partial charge on any atom is 0.214 e. The van der Waals surface area contributed by atoms with Crippen LogP contribution in [0.3, 0.4) is 0 Å². The first-order chi connectivity index (χ1) is 9.33. The Kier molecular flexibility index (Phi) is 4.52. The summed E-state index contributed by atoms with van der Waals surface area (Å²) < 4.78 is 25.3. The largest absolute Gasteiger partial charge is 0.388 e. The van der Waals surface area contributed by atoms with Crippen molar-refractivity contribution in [2.24, 2.45) is 5.92 Å². The molecule has 1 aromatic carbocycles. The predicted octanol–water partition coefficient (Wildman–Crippen LogP) is 2.43. The van der Waals surface area contributed by atoms with Crippen LogP contribution in [-0.2, 0) is 23.1 Å². The molecule has 1 aliphatic heterocycles. The van der Waals surface area contributed by atoms with Crippen molar-refractivity contribution < 1.29 is 13.5 Å². The summed E-state index contributed by atoms with van der Waals surface area (Å²) in [6.07, 6.45) is 0.243. The number of hydrogen-bond acceptors (Lipinski definition) is 3. The highest BCUT2D eigenvalue weighted by atomic mass is 32.2. The van der Waals surface area contributed by atoms with Crippen molar-refractivity contribution in [3.8, 4) is 0 Å². The van der Waals surface area contributed by atoms with Crippen molar-refractivity contribution in [2.45, 2.75) is 46.4 Å². The van der Waals surface area contributed by atoms with Crippen LogP contribution in [-0.4, -0.2) is 23.6 Å². The summed E-state index contributed by atoms with van der Waals surface area (Å²) in [6.45, 7) is 6.69. The number of sulfonamides is 1. The molecule has 20 heavy (non-hydrogen) atoms. The minimum Gasteiger partial charge on any atom is -0.388 e. The van der Waals surface area contributed by atoms with Gasteiger partial charge in [0.1, 0.15) is 0 Å². The minimum atomic E-state index is -3.15. The van der Waals surface area contributed by atoms with E-state index >= 15 is 0 Å². The van der Waals surface area contributed by atoms with E-state index in [0.29, 0.717) is 19.0 Å². The highest BCUT2D eigenvalue weighted by Crippen LogP contribution is 2.29. The van der Waals surface area contributed by atoms with Crippen LogP contribution in [0.15, 0.2) is 18.2 Å². The van der Waals surface area contributed by atoms with Crippen LogP contribution in [0.5, 0.6) is 0 Å². The first kappa shape index (κ1) is 15.5. The number of hydrogen-bond donors (Lipinski definition) is 1. The van der Waals surface area contributed by atoms with Crippen LogP contribution >= 0.6 is 0 Å².